The van der Waals surface area contributed by atoms with Crippen molar-refractivity contribution < 1.29 is 4.74 Å². The molecule has 0 radical (unpaired) electrons. The summed E-state index contributed by atoms with van der Waals surface area (Å²) in [7, 11) is 0. The van der Waals surface area contributed by atoms with Crippen molar-refractivity contribution in [2.75, 3.05) is 19.8 Å². The van der Waals surface area contributed by atoms with E-state index in [0.29, 0.717) is 6.04 Å². The Kier molecular flexibility index (Phi) is 6.99. The van der Waals surface area contributed by atoms with Crippen LogP contribution < -0.4 is 5.32 Å². The van der Waals surface area contributed by atoms with Crippen molar-refractivity contribution in [1.82, 2.24) is 5.32 Å². The molecule has 1 aromatic rings. The van der Waals surface area contributed by atoms with Gasteiger partial charge in [0.1, 0.15) is 0 Å². The van der Waals surface area contributed by atoms with Crippen molar-refractivity contribution in [2.45, 2.75) is 46.6 Å². The van der Waals surface area contributed by atoms with Gasteiger partial charge in [-0.3, -0.25) is 0 Å². The zero-order valence-corrected chi connectivity index (χ0v) is 12.3. The highest BCUT2D eigenvalue weighted by Gasteiger charge is 2.11. The van der Waals surface area contributed by atoms with Crippen molar-refractivity contribution in [1.29, 1.82) is 0 Å². The Labute approximate surface area is 112 Å². The number of aryl methyl sites for hydroxylation is 2. The molecule has 0 saturated carbocycles. The average molecular weight is 249 g/mol. The molecule has 0 fully saturated rings. The van der Waals surface area contributed by atoms with E-state index in [0.717, 1.165) is 32.6 Å². The summed E-state index contributed by atoms with van der Waals surface area (Å²) in [6, 6.07) is 7.05. The van der Waals surface area contributed by atoms with E-state index in [4.69, 9.17) is 4.74 Å². The third kappa shape index (κ3) is 5.19. The van der Waals surface area contributed by atoms with Crippen LogP contribution in [0.25, 0.3) is 0 Å². The Morgan fingerprint density at radius 2 is 1.72 bits per heavy atom. The predicted octanol–water partition coefficient (Wildman–Crippen LogP) is 3.77. The Bertz CT molecular complexity index is 329. The molecular formula is C16H27NO. The van der Waals surface area contributed by atoms with Gasteiger partial charge in [-0.05, 0) is 38.8 Å². The second kappa shape index (κ2) is 8.28. The van der Waals surface area contributed by atoms with Crippen molar-refractivity contribution in [3.8, 4) is 0 Å². The van der Waals surface area contributed by atoms with E-state index >= 15 is 0 Å². The van der Waals surface area contributed by atoms with E-state index in [2.05, 4.69) is 51.2 Å². The Balaban J connectivity index is 2.72. The third-order valence-electron chi connectivity index (χ3n) is 2.92. The first-order valence-corrected chi connectivity index (χ1v) is 7.06. The number of nitrogens with one attached hydrogen (secondary N) is 1. The predicted molar refractivity (Wildman–Crippen MR) is 78.1 cm³/mol. The first-order chi connectivity index (χ1) is 8.67. The van der Waals surface area contributed by atoms with Gasteiger partial charge in [-0.15, -0.1) is 0 Å². The number of ether oxygens (including phenoxy) is 1. The van der Waals surface area contributed by atoms with Gasteiger partial charge in [0.2, 0.25) is 0 Å². The molecular weight excluding hydrogens is 222 g/mol. The molecule has 102 valence electrons. The van der Waals surface area contributed by atoms with E-state index in [9.17, 15) is 0 Å². The maximum Gasteiger partial charge on any atom is 0.0661 e. The molecule has 0 heterocycles. The third-order valence-corrected chi connectivity index (χ3v) is 2.92. The Morgan fingerprint density at radius 1 is 1.06 bits per heavy atom. The second-order valence-corrected chi connectivity index (χ2v) is 5.00. The summed E-state index contributed by atoms with van der Waals surface area (Å²) in [5, 5.41) is 3.57. The minimum absolute atomic E-state index is 0.315. The molecule has 0 spiro atoms. The minimum atomic E-state index is 0.315. The number of hydrogen-bond donors (Lipinski definition) is 1. The quantitative estimate of drug-likeness (QED) is 0.708. The van der Waals surface area contributed by atoms with Crippen LogP contribution >= 0.6 is 0 Å². The van der Waals surface area contributed by atoms with E-state index in [-0.39, 0.29) is 0 Å². The van der Waals surface area contributed by atoms with Gasteiger partial charge in [0.05, 0.1) is 12.6 Å². The lowest BCUT2D eigenvalue weighted by Gasteiger charge is -2.20. The summed E-state index contributed by atoms with van der Waals surface area (Å²) in [4.78, 5) is 0. The van der Waals surface area contributed by atoms with Gasteiger partial charge in [-0.2, -0.15) is 0 Å². The standard InChI is InChI=1S/C16H27NO/c1-5-7-17-16(12-18-8-6-2)15-10-13(3)9-14(4)11-15/h9-11,16-17H,5-8,12H2,1-4H3. The SMILES string of the molecule is CCCNC(COCCC)c1cc(C)cc(C)c1. The Hall–Kier alpha value is -0.860. The summed E-state index contributed by atoms with van der Waals surface area (Å²) >= 11 is 0. The average Bonchev–Trinajstić information content (AvgIpc) is 2.32. The van der Waals surface area contributed by atoms with Crippen LogP contribution in [0.1, 0.15) is 49.4 Å². The lowest BCUT2D eigenvalue weighted by Crippen LogP contribution is -2.26. The molecule has 1 rings (SSSR count). The van der Waals surface area contributed by atoms with Gasteiger partial charge in [0.25, 0.3) is 0 Å². The summed E-state index contributed by atoms with van der Waals surface area (Å²) in [5.41, 5.74) is 3.99. The molecule has 1 N–H and O–H groups in total. The largest absolute Gasteiger partial charge is 0.379 e. The van der Waals surface area contributed by atoms with E-state index in [1.807, 2.05) is 0 Å². The molecule has 0 amide bonds. The molecule has 0 aliphatic carbocycles. The van der Waals surface area contributed by atoms with Crippen molar-refractivity contribution in [3.63, 3.8) is 0 Å². The zero-order valence-electron chi connectivity index (χ0n) is 12.3. The highest BCUT2D eigenvalue weighted by atomic mass is 16.5. The lowest BCUT2D eigenvalue weighted by atomic mass is 10.0. The fourth-order valence-electron chi connectivity index (χ4n) is 2.15. The molecule has 2 nitrogen and oxygen atoms in total. The molecule has 0 aromatic heterocycles. The van der Waals surface area contributed by atoms with Crippen LogP contribution in [0, 0.1) is 13.8 Å². The monoisotopic (exact) mass is 249 g/mol. The molecule has 0 saturated heterocycles. The van der Waals surface area contributed by atoms with Crippen molar-refractivity contribution in [2.24, 2.45) is 0 Å². The smallest absolute Gasteiger partial charge is 0.0661 e. The van der Waals surface area contributed by atoms with Crippen LogP contribution in [0.5, 0.6) is 0 Å². The first-order valence-electron chi connectivity index (χ1n) is 7.06. The fraction of sp³-hybridized carbons (Fsp3) is 0.625. The molecule has 1 atom stereocenters. The van der Waals surface area contributed by atoms with E-state index in [1.54, 1.807) is 0 Å². The molecule has 0 aliphatic heterocycles. The van der Waals surface area contributed by atoms with Gasteiger partial charge >= 0.3 is 0 Å². The zero-order chi connectivity index (χ0) is 13.4. The fourth-order valence-corrected chi connectivity index (χ4v) is 2.15. The van der Waals surface area contributed by atoms with E-state index < -0.39 is 0 Å². The van der Waals surface area contributed by atoms with Crippen LogP contribution in [-0.4, -0.2) is 19.8 Å². The summed E-state index contributed by atoms with van der Waals surface area (Å²) < 4.78 is 5.71. The second-order valence-electron chi connectivity index (χ2n) is 5.00. The van der Waals surface area contributed by atoms with E-state index in [1.165, 1.54) is 16.7 Å². The van der Waals surface area contributed by atoms with Crippen LogP contribution in [0.15, 0.2) is 18.2 Å². The summed E-state index contributed by atoms with van der Waals surface area (Å²) in [6.45, 7) is 11.3. The summed E-state index contributed by atoms with van der Waals surface area (Å²) in [6.07, 6.45) is 2.22. The van der Waals surface area contributed by atoms with Gasteiger partial charge < -0.3 is 10.1 Å². The normalized spacial score (nSPS) is 12.7. The van der Waals surface area contributed by atoms with Crippen molar-refractivity contribution >= 4 is 0 Å². The highest BCUT2D eigenvalue weighted by molar-refractivity contribution is 5.30. The number of benzene rings is 1. The topological polar surface area (TPSA) is 21.3 Å². The van der Waals surface area contributed by atoms with Gasteiger partial charge in [0.15, 0.2) is 0 Å². The molecule has 18 heavy (non-hydrogen) atoms. The van der Waals surface area contributed by atoms with Crippen LogP contribution in [0.3, 0.4) is 0 Å². The van der Waals surface area contributed by atoms with Gasteiger partial charge in [0, 0.05) is 6.61 Å². The van der Waals surface area contributed by atoms with Gasteiger partial charge in [-0.25, -0.2) is 0 Å². The maximum atomic E-state index is 5.71. The molecule has 0 bridgehead atoms. The molecule has 2 heteroatoms. The number of rotatable bonds is 8. The highest BCUT2D eigenvalue weighted by Crippen LogP contribution is 2.17. The maximum absolute atomic E-state index is 5.71. The summed E-state index contributed by atoms with van der Waals surface area (Å²) in [5.74, 6) is 0. The Morgan fingerprint density at radius 3 is 2.28 bits per heavy atom. The molecule has 1 unspecified atom stereocenters. The minimum Gasteiger partial charge on any atom is -0.379 e. The van der Waals surface area contributed by atoms with Gasteiger partial charge in [-0.1, -0.05) is 43.2 Å². The molecule has 1 aromatic carbocycles. The van der Waals surface area contributed by atoms with Crippen LogP contribution in [-0.2, 0) is 4.74 Å². The molecule has 0 aliphatic rings. The van der Waals surface area contributed by atoms with Crippen LogP contribution in [0.4, 0.5) is 0 Å². The first kappa shape index (κ1) is 15.2. The van der Waals surface area contributed by atoms with Crippen molar-refractivity contribution in [3.05, 3.63) is 34.9 Å². The van der Waals surface area contributed by atoms with Crippen LogP contribution in [0.2, 0.25) is 0 Å². The lowest BCUT2D eigenvalue weighted by molar-refractivity contribution is 0.112. The number of hydrogen-bond acceptors (Lipinski definition) is 2.